The number of hydrogen-bond acceptors (Lipinski definition) is 6. The van der Waals surface area contributed by atoms with E-state index in [1.54, 1.807) is 11.1 Å². The summed E-state index contributed by atoms with van der Waals surface area (Å²) in [5.74, 6) is -4.08. The van der Waals surface area contributed by atoms with Gasteiger partial charge in [-0.3, -0.25) is 4.55 Å². The second kappa shape index (κ2) is 19.4. The van der Waals surface area contributed by atoms with Crippen molar-refractivity contribution in [2.24, 2.45) is 0 Å². The Labute approximate surface area is 205 Å². The molecule has 1 atom stereocenters. The minimum atomic E-state index is -4.94. The smallest absolute Gasteiger partial charge is 0.273 e. The monoisotopic (exact) mass is 498 g/mol. The Morgan fingerprint density at radius 2 is 1.15 bits per heavy atom. The van der Waals surface area contributed by atoms with Crippen molar-refractivity contribution in [3.63, 3.8) is 0 Å². The van der Waals surface area contributed by atoms with Crippen LogP contribution < -0.4 is 10.2 Å². The molecule has 0 saturated carbocycles. The molecular formula is C26H42O7S-2. The second-order valence-corrected chi connectivity index (χ2v) is 10.3. The molecule has 0 fully saturated rings. The summed E-state index contributed by atoms with van der Waals surface area (Å²) in [6, 6.07) is 9.16. The molecule has 196 valence electrons. The maximum atomic E-state index is 10.2. The number of carbonyl (C=O) groups excluding carboxylic acids is 2. The van der Waals surface area contributed by atoms with Gasteiger partial charge >= 0.3 is 0 Å². The number of aliphatic carboxylic acids is 2. The quantitative estimate of drug-likeness (QED) is 0.241. The molecule has 1 N–H and O–H groups in total. The molecule has 7 nitrogen and oxygen atoms in total. The summed E-state index contributed by atoms with van der Waals surface area (Å²) in [6.45, 7) is 4.58. The van der Waals surface area contributed by atoms with Gasteiger partial charge in [-0.25, -0.2) is 0 Å². The van der Waals surface area contributed by atoms with Crippen LogP contribution in [0.15, 0.2) is 24.3 Å². The fourth-order valence-electron chi connectivity index (χ4n) is 3.70. The zero-order valence-electron chi connectivity index (χ0n) is 20.8. The molecule has 1 rings (SSSR count). The van der Waals surface area contributed by atoms with Gasteiger partial charge in [-0.05, 0) is 36.8 Å². The Kier molecular flexibility index (Phi) is 18.3. The zero-order chi connectivity index (χ0) is 25.8. The minimum absolute atomic E-state index is 1.29. The number of carboxylic acid groups (broad SMARTS) is 2. The number of hydrogen-bond donors (Lipinski definition) is 1. The highest BCUT2D eigenvalue weighted by Gasteiger charge is 2.24. The van der Waals surface area contributed by atoms with E-state index in [2.05, 4.69) is 38.1 Å². The molecule has 1 aromatic rings. The van der Waals surface area contributed by atoms with Crippen LogP contribution in [0, 0.1) is 0 Å². The van der Waals surface area contributed by atoms with E-state index in [0.29, 0.717) is 0 Å². The van der Waals surface area contributed by atoms with Crippen LogP contribution in [0.1, 0.15) is 108 Å². The third-order valence-electron chi connectivity index (χ3n) is 5.69. The third kappa shape index (κ3) is 16.6. The van der Waals surface area contributed by atoms with E-state index in [1.165, 1.54) is 89.9 Å². The summed E-state index contributed by atoms with van der Waals surface area (Å²) in [6.07, 6.45) is 18.0. The molecule has 0 aliphatic rings. The zero-order valence-corrected chi connectivity index (χ0v) is 21.6. The maximum Gasteiger partial charge on any atom is 0.273 e. The number of unbranched alkanes of at least 4 members (excludes halogenated alkanes) is 10. The molecule has 1 unspecified atom stereocenters. The van der Waals surface area contributed by atoms with Gasteiger partial charge < -0.3 is 19.8 Å². The predicted molar refractivity (Wildman–Crippen MR) is 131 cm³/mol. The van der Waals surface area contributed by atoms with Crippen molar-refractivity contribution in [2.75, 3.05) is 0 Å². The first-order valence-corrected chi connectivity index (χ1v) is 14.1. The SMILES string of the molecule is CCCCCCCCc1ccccc1CCCCCCCC.O=C([O-])CC(C(=O)[O-])S(=O)(=O)O. The topological polar surface area (TPSA) is 135 Å². The fraction of sp³-hybridized carbons (Fsp3) is 0.692. The van der Waals surface area contributed by atoms with Gasteiger partial charge in [0.25, 0.3) is 10.1 Å². The highest BCUT2D eigenvalue weighted by molar-refractivity contribution is 7.87. The maximum absolute atomic E-state index is 10.2. The lowest BCUT2D eigenvalue weighted by molar-refractivity contribution is -0.314. The van der Waals surface area contributed by atoms with Crippen LogP contribution in [-0.2, 0) is 32.5 Å². The molecule has 0 bridgehead atoms. The molecule has 0 saturated heterocycles. The molecule has 8 heteroatoms. The highest BCUT2D eigenvalue weighted by atomic mass is 32.2. The Hall–Kier alpha value is -1.93. The summed E-state index contributed by atoms with van der Waals surface area (Å²) < 4.78 is 28.5. The highest BCUT2D eigenvalue weighted by Crippen LogP contribution is 2.17. The third-order valence-corrected chi connectivity index (χ3v) is 6.77. The van der Waals surface area contributed by atoms with E-state index in [4.69, 9.17) is 4.55 Å². The van der Waals surface area contributed by atoms with Crippen LogP contribution in [-0.4, -0.2) is 30.2 Å². The molecule has 0 spiro atoms. The number of rotatable bonds is 18. The lowest BCUT2D eigenvalue weighted by Crippen LogP contribution is -2.44. The lowest BCUT2D eigenvalue weighted by Gasteiger charge is -2.14. The van der Waals surface area contributed by atoms with E-state index in [9.17, 15) is 28.2 Å². The summed E-state index contributed by atoms with van der Waals surface area (Å²) in [4.78, 5) is 19.7. The largest absolute Gasteiger partial charge is 0.550 e. The Balaban J connectivity index is 0.000000770. The lowest BCUT2D eigenvalue weighted by atomic mass is 9.96. The van der Waals surface area contributed by atoms with Crippen molar-refractivity contribution >= 4 is 22.1 Å². The molecule has 34 heavy (non-hydrogen) atoms. The molecule has 0 radical (unpaired) electrons. The number of aryl methyl sites for hydroxylation is 2. The van der Waals surface area contributed by atoms with Crippen molar-refractivity contribution in [3.05, 3.63) is 35.4 Å². The Bertz CT molecular complexity index is 755. The first kappa shape index (κ1) is 32.1. The van der Waals surface area contributed by atoms with E-state index in [0.717, 1.165) is 0 Å². The van der Waals surface area contributed by atoms with E-state index >= 15 is 0 Å². The van der Waals surface area contributed by atoms with Crippen LogP contribution in [0.4, 0.5) is 0 Å². The van der Waals surface area contributed by atoms with Gasteiger partial charge in [0.05, 0.1) is 5.97 Å². The van der Waals surface area contributed by atoms with Gasteiger partial charge in [0.2, 0.25) is 0 Å². The molecule has 0 aliphatic heterocycles. The van der Waals surface area contributed by atoms with Crippen molar-refractivity contribution < 1.29 is 32.8 Å². The van der Waals surface area contributed by atoms with Gasteiger partial charge in [-0.15, -0.1) is 0 Å². The van der Waals surface area contributed by atoms with Crippen molar-refractivity contribution in [3.8, 4) is 0 Å². The van der Waals surface area contributed by atoms with Crippen LogP contribution in [0.25, 0.3) is 0 Å². The van der Waals surface area contributed by atoms with Crippen molar-refractivity contribution in [1.29, 1.82) is 0 Å². The van der Waals surface area contributed by atoms with Gasteiger partial charge in [-0.1, -0.05) is 102 Å². The van der Waals surface area contributed by atoms with Gasteiger partial charge in [0, 0.05) is 12.4 Å². The molecule has 0 heterocycles. The standard InChI is InChI=1S/C22H38.C4H6O7S/c1-3-5-7-9-11-13-17-21-19-15-16-20-22(21)18-14-12-10-8-6-4-2;5-3(6)1-2(4(7)8)12(9,10)11/h15-16,19-20H,3-14,17-18H2,1-2H3;2H,1H2,(H,5,6)(H,7,8)(H,9,10,11)/p-2. The number of benzene rings is 1. The fourth-order valence-corrected chi connectivity index (χ4v) is 4.29. The minimum Gasteiger partial charge on any atom is -0.550 e. The summed E-state index contributed by atoms with van der Waals surface area (Å²) >= 11 is 0. The number of carbonyl (C=O) groups is 2. The Morgan fingerprint density at radius 1 is 0.765 bits per heavy atom. The summed E-state index contributed by atoms with van der Waals surface area (Å²) in [5.41, 5.74) is 3.23. The molecule has 0 aromatic heterocycles. The Morgan fingerprint density at radius 3 is 1.44 bits per heavy atom. The van der Waals surface area contributed by atoms with Gasteiger partial charge in [-0.2, -0.15) is 8.42 Å². The second-order valence-electron chi connectivity index (χ2n) is 8.70. The normalized spacial score (nSPS) is 12.0. The summed E-state index contributed by atoms with van der Waals surface area (Å²) in [7, 11) is -4.94. The van der Waals surface area contributed by atoms with Crippen LogP contribution in [0.2, 0.25) is 0 Å². The summed E-state index contributed by atoms with van der Waals surface area (Å²) in [5, 5.41) is 17.3. The van der Waals surface area contributed by atoms with Crippen LogP contribution in [0.5, 0.6) is 0 Å². The van der Waals surface area contributed by atoms with Gasteiger partial charge in [0.15, 0.2) is 0 Å². The first-order chi connectivity index (χ1) is 16.1. The average molecular weight is 499 g/mol. The van der Waals surface area contributed by atoms with Crippen molar-refractivity contribution in [2.45, 2.75) is 115 Å². The van der Waals surface area contributed by atoms with Gasteiger partial charge in [0.1, 0.15) is 5.25 Å². The van der Waals surface area contributed by atoms with Crippen molar-refractivity contribution in [1.82, 2.24) is 0 Å². The van der Waals surface area contributed by atoms with E-state index in [-0.39, 0.29) is 0 Å². The first-order valence-electron chi connectivity index (χ1n) is 12.6. The predicted octanol–water partition coefficient (Wildman–Crippen LogP) is 3.63. The van der Waals surface area contributed by atoms with E-state index < -0.39 is 33.7 Å². The van der Waals surface area contributed by atoms with Crippen LogP contribution >= 0.6 is 0 Å². The molecule has 0 amide bonds. The molecule has 0 aliphatic carbocycles. The number of carboxylic acids is 2. The van der Waals surface area contributed by atoms with Crippen LogP contribution in [0.3, 0.4) is 0 Å². The molecular weight excluding hydrogens is 456 g/mol. The van der Waals surface area contributed by atoms with E-state index in [1.807, 2.05) is 0 Å². The molecule has 1 aromatic carbocycles. The average Bonchev–Trinajstić information content (AvgIpc) is 2.77.